The normalized spacial score (nSPS) is 10.4. The lowest BCUT2D eigenvalue weighted by Gasteiger charge is -2.08. The van der Waals surface area contributed by atoms with Gasteiger partial charge in [0, 0.05) is 17.2 Å². The maximum Gasteiger partial charge on any atom is 0.331 e. The van der Waals surface area contributed by atoms with Crippen LogP contribution in [0, 0.1) is 0 Å². The largest absolute Gasteiger partial charge is 0.504 e. The summed E-state index contributed by atoms with van der Waals surface area (Å²) in [6.45, 7) is -0.484. The quantitative estimate of drug-likeness (QED) is 0.247. The molecule has 1 amide bonds. The number of carbonyl (C=O) groups excluding carboxylic acids is 2. The average molecular weight is 430 g/mol. The van der Waals surface area contributed by atoms with E-state index in [-0.39, 0.29) is 11.5 Å². The van der Waals surface area contributed by atoms with E-state index in [2.05, 4.69) is 10.5 Å². The molecule has 0 aliphatic rings. The molecule has 0 radical (unpaired) electrons. The number of aromatic hydroxyl groups is 1. The monoisotopic (exact) mass is 430 g/mol. The van der Waals surface area contributed by atoms with Crippen LogP contribution in [0.15, 0.2) is 90.0 Å². The fraction of sp³-hybridized carbons (Fsp3) is 0.0800. The summed E-state index contributed by atoms with van der Waals surface area (Å²) in [5.74, 6) is -0.981. The molecule has 0 saturated carbocycles. The molecule has 0 spiro atoms. The fourth-order valence-electron chi connectivity index (χ4n) is 2.79. The molecule has 0 aliphatic carbocycles. The standard InChI is InChI=1S/C25H22N2O5/c1-31-22-16-18(12-14-21(22)28)13-15-24(30)32-17-23(29)26-27-25(19-8-4-2-5-9-19)20-10-6-3-7-11-20/h2-16,28H,17H2,1H3,(H,26,29)/b15-13+. The summed E-state index contributed by atoms with van der Waals surface area (Å²) in [5, 5.41) is 13.8. The first kappa shape index (κ1) is 22.3. The Balaban J connectivity index is 1.59. The van der Waals surface area contributed by atoms with Crippen LogP contribution in [-0.2, 0) is 14.3 Å². The predicted octanol–water partition coefficient (Wildman–Crippen LogP) is 3.53. The van der Waals surface area contributed by atoms with Crippen LogP contribution in [0.4, 0.5) is 0 Å². The molecule has 32 heavy (non-hydrogen) atoms. The van der Waals surface area contributed by atoms with Crippen LogP contribution < -0.4 is 10.2 Å². The second-order valence-electron chi connectivity index (χ2n) is 6.60. The number of phenolic OH excluding ortho intramolecular Hbond substituents is 1. The van der Waals surface area contributed by atoms with Gasteiger partial charge in [-0.25, -0.2) is 10.2 Å². The molecule has 0 atom stereocenters. The molecular formula is C25H22N2O5. The molecule has 7 nitrogen and oxygen atoms in total. The van der Waals surface area contributed by atoms with Crippen molar-refractivity contribution in [3.63, 3.8) is 0 Å². The Labute approximate surface area is 185 Å². The van der Waals surface area contributed by atoms with E-state index in [1.807, 2.05) is 60.7 Å². The van der Waals surface area contributed by atoms with E-state index in [4.69, 9.17) is 9.47 Å². The number of hydrazone groups is 1. The zero-order chi connectivity index (χ0) is 22.8. The molecule has 0 saturated heterocycles. The SMILES string of the molecule is COc1cc(/C=C/C(=O)OCC(=O)NN=C(c2ccccc2)c2ccccc2)ccc1O. The third-order valence-corrected chi connectivity index (χ3v) is 4.35. The number of hydrogen-bond donors (Lipinski definition) is 2. The van der Waals surface area contributed by atoms with Crippen LogP contribution in [0.5, 0.6) is 11.5 Å². The van der Waals surface area contributed by atoms with Gasteiger partial charge < -0.3 is 14.6 Å². The topological polar surface area (TPSA) is 97.2 Å². The Bertz CT molecular complexity index is 1080. The van der Waals surface area contributed by atoms with Gasteiger partial charge >= 0.3 is 5.97 Å². The highest BCUT2D eigenvalue weighted by Gasteiger charge is 2.09. The van der Waals surface area contributed by atoms with Gasteiger partial charge in [0.05, 0.1) is 12.8 Å². The number of benzene rings is 3. The third kappa shape index (κ3) is 6.30. The summed E-state index contributed by atoms with van der Waals surface area (Å²) < 4.78 is 9.98. The van der Waals surface area contributed by atoms with E-state index >= 15 is 0 Å². The number of carbonyl (C=O) groups is 2. The van der Waals surface area contributed by atoms with E-state index < -0.39 is 18.5 Å². The third-order valence-electron chi connectivity index (χ3n) is 4.35. The number of hydrogen-bond acceptors (Lipinski definition) is 6. The Kier molecular flexibility index (Phi) is 7.75. The van der Waals surface area contributed by atoms with Crippen molar-refractivity contribution in [2.75, 3.05) is 13.7 Å². The summed E-state index contributed by atoms with van der Waals surface area (Å²) >= 11 is 0. The molecule has 3 rings (SSSR count). The molecule has 162 valence electrons. The number of esters is 1. The fourth-order valence-corrected chi connectivity index (χ4v) is 2.79. The van der Waals surface area contributed by atoms with Crippen LogP contribution in [-0.4, -0.2) is 36.4 Å². The number of phenols is 1. The molecule has 3 aromatic rings. The molecule has 3 aromatic carbocycles. The lowest BCUT2D eigenvalue weighted by Crippen LogP contribution is -2.26. The van der Waals surface area contributed by atoms with Crippen molar-refractivity contribution in [2.45, 2.75) is 0 Å². The van der Waals surface area contributed by atoms with E-state index in [1.54, 1.807) is 12.1 Å². The lowest BCUT2D eigenvalue weighted by molar-refractivity contribution is -0.143. The number of nitrogens with zero attached hydrogens (tertiary/aromatic N) is 1. The first-order valence-corrected chi connectivity index (χ1v) is 9.76. The van der Waals surface area contributed by atoms with Gasteiger partial charge in [-0.05, 0) is 23.8 Å². The van der Waals surface area contributed by atoms with Crippen LogP contribution in [0.3, 0.4) is 0 Å². The lowest BCUT2D eigenvalue weighted by atomic mass is 10.0. The molecular weight excluding hydrogens is 408 g/mol. The van der Waals surface area contributed by atoms with Gasteiger partial charge in [0.1, 0.15) is 0 Å². The highest BCUT2D eigenvalue weighted by atomic mass is 16.5. The van der Waals surface area contributed by atoms with Gasteiger partial charge in [0.2, 0.25) is 0 Å². The van der Waals surface area contributed by atoms with Gasteiger partial charge in [-0.3, -0.25) is 4.79 Å². The van der Waals surface area contributed by atoms with Crippen molar-refractivity contribution in [1.82, 2.24) is 5.43 Å². The molecule has 0 fully saturated rings. The zero-order valence-corrected chi connectivity index (χ0v) is 17.4. The molecule has 0 bridgehead atoms. The summed E-state index contributed by atoms with van der Waals surface area (Å²) in [6, 6.07) is 23.5. The first-order chi connectivity index (χ1) is 15.6. The molecule has 0 aromatic heterocycles. The number of amides is 1. The van der Waals surface area contributed by atoms with Crippen LogP contribution in [0.25, 0.3) is 6.08 Å². The highest BCUT2D eigenvalue weighted by Crippen LogP contribution is 2.26. The Morgan fingerprint density at radius 3 is 2.19 bits per heavy atom. The number of methoxy groups -OCH3 is 1. The minimum Gasteiger partial charge on any atom is -0.504 e. The van der Waals surface area contributed by atoms with Gasteiger partial charge in [-0.15, -0.1) is 0 Å². The second kappa shape index (κ2) is 11.1. The maximum absolute atomic E-state index is 12.1. The number of ether oxygens (including phenoxy) is 2. The van der Waals surface area contributed by atoms with Crippen molar-refractivity contribution in [1.29, 1.82) is 0 Å². The summed E-state index contributed by atoms with van der Waals surface area (Å²) in [4.78, 5) is 24.1. The first-order valence-electron chi connectivity index (χ1n) is 9.76. The summed E-state index contributed by atoms with van der Waals surface area (Å²) in [7, 11) is 1.43. The Hall–Kier alpha value is -4.39. The smallest absolute Gasteiger partial charge is 0.331 e. The second-order valence-corrected chi connectivity index (χ2v) is 6.60. The summed E-state index contributed by atoms with van der Waals surface area (Å²) in [6.07, 6.45) is 2.67. The summed E-state index contributed by atoms with van der Waals surface area (Å²) in [5.41, 5.74) is 5.32. The van der Waals surface area contributed by atoms with Crippen molar-refractivity contribution >= 4 is 23.7 Å². The minimum absolute atomic E-state index is 0.00479. The van der Waals surface area contributed by atoms with Crippen molar-refractivity contribution in [2.24, 2.45) is 5.10 Å². The van der Waals surface area contributed by atoms with Crippen molar-refractivity contribution in [3.8, 4) is 11.5 Å². The molecule has 0 heterocycles. The molecule has 7 heteroatoms. The minimum atomic E-state index is -0.692. The highest BCUT2D eigenvalue weighted by molar-refractivity contribution is 6.13. The van der Waals surface area contributed by atoms with Crippen LogP contribution >= 0.6 is 0 Å². The van der Waals surface area contributed by atoms with E-state index in [0.717, 1.165) is 11.1 Å². The van der Waals surface area contributed by atoms with Gasteiger partial charge in [0.25, 0.3) is 5.91 Å². The van der Waals surface area contributed by atoms with Gasteiger partial charge in [-0.1, -0.05) is 66.7 Å². The van der Waals surface area contributed by atoms with Crippen LogP contribution in [0.2, 0.25) is 0 Å². The Morgan fingerprint density at radius 2 is 1.59 bits per heavy atom. The average Bonchev–Trinajstić information content (AvgIpc) is 2.83. The zero-order valence-electron chi connectivity index (χ0n) is 17.4. The van der Waals surface area contributed by atoms with Crippen LogP contribution in [0.1, 0.15) is 16.7 Å². The van der Waals surface area contributed by atoms with Gasteiger partial charge in [-0.2, -0.15) is 5.10 Å². The molecule has 0 unspecified atom stereocenters. The Morgan fingerprint density at radius 1 is 0.969 bits per heavy atom. The molecule has 0 aliphatic heterocycles. The maximum atomic E-state index is 12.1. The number of nitrogens with one attached hydrogen (secondary N) is 1. The van der Waals surface area contributed by atoms with E-state index in [0.29, 0.717) is 11.3 Å². The van der Waals surface area contributed by atoms with E-state index in [1.165, 1.54) is 25.3 Å². The molecule has 2 N–H and O–H groups in total. The van der Waals surface area contributed by atoms with Crippen molar-refractivity contribution in [3.05, 3.63) is 102 Å². The van der Waals surface area contributed by atoms with E-state index in [9.17, 15) is 14.7 Å². The number of rotatable bonds is 8. The van der Waals surface area contributed by atoms with Crippen molar-refractivity contribution < 1.29 is 24.2 Å². The van der Waals surface area contributed by atoms with Gasteiger partial charge in [0.15, 0.2) is 18.1 Å². The predicted molar refractivity (Wildman–Crippen MR) is 121 cm³/mol.